The Balaban J connectivity index is 3.16. The second-order valence-electron chi connectivity index (χ2n) is 5.51. The van der Waals surface area contributed by atoms with E-state index in [4.69, 9.17) is 0 Å². The van der Waals surface area contributed by atoms with Crippen LogP contribution in [0, 0.1) is 0 Å². The second-order valence-corrected chi connectivity index (χ2v) is 5.51. The average Bonchev–Trinajstić information content (AvgIpc) is 2.38. The van der Waals surface area contributed by atoms with Gasteiger partial charge in [-0.15, -0.1) is 0 Å². The molecule has 0 heterocycles. The molecule has 0 radical (unpaired) electrons. The van der Waals surface area contributed by atoms with Crippen molar-refractivity contribution >= 4 is 5.97 Å². The third kappa shape index (κ3) is 3.75. The van der Waals surface area contributed by atoms with E-state index < -0.39 is 29.6 Å². The smallest absolute Gasteiger partial charge is 0.428 e. The number of alkyl halides is 3. The highest BCUT2D eigenvalue weighted by Crippen LogP contribution is 2.41. The number of hydrogen-bond donors (Lipinski definition) is 1. The summed E-state index contributed by atoms with van der Waals surface area (Å²) in [6.07, 6.45) is -5.92. The zero-order valence-electron chi connectivity index (χ0n) is 12.2. The van der Waals surface area contributed by atoms with Gasteiger partial charge in [-0.1, -0.05) is 44.2 Å². The van der Waals surface area contributed by atoms with Crippen molar-refractivity contribution in [3.63, 3.8) is 0 Å². The van der Waals surface area contributed by atoms with E-state index in [0.29, 0.717) is 5.56 Å². The number of halogens is 3. The van der Waals surface area contributed by atoms with Crippen molar-refractivity contribution in [2.45, 2.75) is 44.4 Å². The Morgan fingerprint density at radius 2 is 1.71 bits per heavy atom. The molecule has 0 saturated carbocycles. The van der Waals surface area contributed by atoms with Gasteiger partial charge in [0.15, 0.2) is 0 Å². The highest BCUT2D eigenvalue weighted by atomic mass is 19.4. The molecule has 6 heteroatoms. The van der Waals surface area contributed by atoms with Gasteiger partial charge in [0.05, 0.1) is 6.61 Å². The van der Waals surface area contributed by atoms with Gasteiger partial charge in [0.25, 0.3) is 5.60 Å². The number of aliphatic hydroxyl groups is 1. The predicted molar refractivity (Wildman–Crippen MR) is 71.7 cm³/mol. The molecular formula is C15H19F3O3. The summed E-state index contributed by atoms with van der Waals surface area (Å²) in [5.41, 5.74) is -3.99. The number of rotatable bonds is 5. The first kappa shape index (κ1) is 17.5. The quantitative estimate of drug-likeness (QED) is 0.850. The molecule has 1 atom stereocenters. The van der Waals surface area contributed by atoms with Crippen LogP contribution in [0.4, 0.5) is 13.2 Å². The number of carbonyl (C=O) groups excluding carboxylic acids is 1. The van der Waals surface area contributed by atoms with E-state index in [9.17, 15) is 23.1 Å². The number of esters is 1. The Hall–Kier alpha value is -1.56. The van der Waals surface area contributed by atoms with Gasteiger partial charge in [0.1, 0.15) is 0 Å². The van der Waals surface area contributed by atoms with Crippen LogP contribution in [0.25, 0.3) is 0 Å². The average molecular weight is 304 g/mol. The molecule has 1 N–H and O–H groups in total. The summed E-state index contributed by atoms with van der Waals surface area (Å²) in [4.78, 5) is 11.6. The van der Waals surface area contributed by atoms with E-state index in [0.717, 1.165) is 0 Å². The highest BCUT2D eigenvalue weighted by Gasteiger charge is 2.62. The van der Waals surface area contributed by atoms with Crippen LogP contribution in [0.5, 0.6) is 0 Å². The maximum atomic E-state index is 13.2. The SMILES string of the molecule is CCOC(=O)C(O)(CC(C)(C)c1ccccc1)C(F)(F)F. The molecule has 0 bridgehead atoms. The topological polar surface area (TPSA) is 46.5 Å². The van der Waals surface area contributed by atoms with Crippen LogP contribution in [0.2, 0.25) is 0 Å². The fourth-order valence-electron chi connectivity index (χ4n) is 2.17. The Morgan fingerprint density at radius 1 is 1.19 bits per heavy atom. The Bertz CT molecular complexity index is 483. The van der Waals surface area contributed by atoms with Crippen LogP contribution in [-0.2, 0) is 14.9 Å². The van der Waals surface area contributed by atoms with Gasteiger partial charge in [-0.25, -0.2) is 4.79 Å². The van der Waals surface area contributed by atoms with E-state index >= 15 is 0 Å². The minimum atomic E-state index is -5.11. The number of carbonyl (C=O) groups is 1. The zero-order chi connectivity index (χ0) is 16.3. The standard InChI is InChI=1S/C15H19F3O3/c1-4-21-12(19)14(20,15(16,17)18)10-13(2,3)11-8-6-5-7-9-11/h5-9,20H,4,10H2,1-3H3. The van der Waals surface area contributed by atoms with Crippen LogP contribution < -0.4 is 0 Å². The summed E-state index contributed by atoms with van der Waals surface area (Å²) in [6.45, 7) is 4.23. The number of ether oxygens (including phenoxy) is 1. The Labute approximate surface area is 121 Å². The molecule has 0 spiro atoms. The first-order valence-corrected chi connectivity index (χ1v) is 6.56. The predicted octanol–water partition coefficient (Wildman–Crippen LogP) is 3.21. The maximum Gasteiger partial charge on any atom is 0.428 e. The van der Waals surface area contributed by atoms with Crippen LogP contribution in [0.15, 0.2) is 30.3 Å². The lowest BCUT2D eigenvalue weighted by atomic mass is 9.75. The monoisotopic (exact) mass is 304 g/mol. The largest absolute Gasteiger partial charge is 0.464 e. The van der Waals surface area contributed by atoms with Crippen molar-refractivity contribution in [3.05, 3.63) is 35.9 Å². The Kier molecular flexibility index (Phi) is 5.04. The summed E-state index contributed by atoms with van der Waals surface area (Å²) in [7, 11) is 0. The maximum absolute atomic E-state index is 13.2. The summed E-state index contributed by atoms with van der Waals surface area (Å²) >= 11 is 0. The first-order valence-electron chi connectivity index (χ1n) is 6.56. The van der Waals surface area contributed by atoms with Gasteiger partial charge < -0.3 is 9.84 Å². The number of hydrogen-bond acceptors (Lipinski definition) is 3. The minimum absolute atomic E-state index is 0.233. The van der Waals surface area contributed by atoms with Gasteiger partial charge in [-0.3, -0.25) is 0 Å². The minimum Gasteiger partial charge on any atom is -0.464 e. The zero-order valence-corrected chi connectivity index (χ0v) is 12.2. The molecule has 3 nitrogen and oxygen atoms in total. The summed E-state index contributed by atoms with van der Waals surface area (Å²) in [5, 5.41) is 9.94. The van der Waals surface area contributed by atoms with E-state index in [-0.39, 0.29) is 6.61 Å². The molecule has 1 aromatic rings. The van der Waals surface area contributed by atoms with Gasteiger partial charge in [-0.2, -0.15) is 13.2 Å². The molecule has 1 unspecified atom stereocenters. The van der Waals surface area contributed by atoms with Crippen molar-refractivity contribution in [1.82, 2.24) is 0 Å². The molecule has 1 aromatic carbocycles. The molecule has 0 aliphatic heterocycles. The summed E-state index contributed by atoms with van der Waals surface area (Å²) < 4.78 is 43.9. The molecule has 0 fully saturated rings. The van der Waals surface area contributed by atoms with Gasteiger partial charge in [0.2, 0.25) is 0 Å². The number of benzene rings is 1. The fraction of sp³-hybridized carbons (Fsp3) is 0.533. The second kappa shape index (κ2) is 6.05. The lowest BCUT2D eigenvalue weighted by Crippen LogP contribution is -2.55. The third-order valence-electron chi connectivity index (χ3n) is 3.34. The van der Waals surface area contributed by atoms with E-state index in [1.54, 1.807) is 30.3 Å². The van der Waals surface area contributed by atoms with E-state index in [1.807, 2.05) is 0 Å². The molecule has 0 amide bonds. The lowest BCUT2D eigenvalue weighted by Gasteiger charge is -2.35. The summed E-state index contributed by atoms with van der Waals surface area (Å²) in [6, 6.07) is 8.42. The van der Waals surface area contributed by atoms with Crippen molar-refractivity contribution in [2.75, 3.05) is 6.61 Å². The molecule has 0 aromatic heterocycles. The van der Waals surface area contributed by atoms with E-state index in [2.05, 4.69) is 4.74 Å². The van der Waals surface area contributed by atoms with Crippen LogP contribution >= 0.6 is 0 Å². The van der Waals surface area contributed by atoms with Crippen molar-refractivity contribution in [1.29, 1.82) is 0 Å². The molecule has 0 aliphatic carbocycles. The van der Waals surface area contributed by atoms with Crippen molar-refractivity contribution < 1.29 is 27.8 Å². The van der Waals surface area contributed by atoms with Gasteiger partial charge in [-0.05, 0) is 17.9 Å². The molecule has 21 heavy (non-hydrogen) atoms. The van der Waals surface area contributed by atoms with Crippen LogP contribution in [0.3, 0.4) is 0 Å². The molecule has 0 aliphatic rings. The lowest BCUT2D eigenvalue weighted by molar-refractivity contribution is -0.267. The van der Waals surface area contributed by atoms with Crippen LogP contribution in [-0.4, -0.2) is 29.5 Å². The van der Waals surface area contributed by atoms with Gasteiger partial charge in [0, 0.05) is 6.42 Å². The van der Waals surface area contributed by atoms with E-state index in [1.165, 1.54) is 20.8 Å². The normalized spacial score (nSPS) is 15.4. The molecular weight excluding hydrogens is 285 g/mol. The van der Waals surface area contributed by atoms with Crippen molar-refractivity contribution in [3.8, 4) is 0 Å². The molecule has 0 saturated heterocycles. The van der Waals surface area contributed by atoms with Gasteiger partial charge >= 0.3 is 12.1 Å². The highest BCUT2D eigenvalue weighted by molar-refractivity contribution is 5.80. The fourth-order valence-corrected chi connectivity index (χ4v) is 2.17. The third-order valence-corrected chi connectivity index (χ3v) is 3.34. The molecule has 1 rings (SSSR count). The van der Waals surface area contributed by atoms with Crippen LogP contribution in [0.1, 0.15) is 32.8 Å². The van der Waals surface area contributed by atoms with Crippen molar-refractivity contribution in [2.24, 2.45) is 0 Å². The molecule has 118 valence electrons. The Morgan fingerprint density at radius 3 is 2.14 bits per heavy atom. The summed E-state index contributed by atoms with van der Waals surface area (Å²) in [5.74, 6) is -1.67. The first-order chi connectivity index (χ1) is 9.54.